The summed E-state index contributed by atoms with van der Waals surface area (Å²) in [5.41, 5.74) is -0.560. The maximum atomic E-state index is 11.6. The maximum absolute atomic E-state index is 11.6. The first-order chi connectivity index (χ1) is 8.18. The van der Waals surface area contributed by atoms with Gasteiger partial charge in [0.15, 0.2) is 0 Å². The maximum Gasteiger partial charge on any atom is 0.325 e. The summed E-state index contributed by atoms with van der Waals surface area (Å²) in [6, 6.07) is -0.689. The molecule has 6 heteroatoms. The Morgan fingerprint density at radius 1 is 1.22 bits per heavy atom. The second-order valence-electron chi connectivity index (χ2n) is 4.97. The summed E-state index contributed by atoms with van der Waals surface area (Å²) in [5, 5.41) is 4.97. The number of rotatable bonds is 5. The molecule has 1 unspecified atom stereocenters. The molecule has 0 aliphatic heterocycles. The van der Waals surface area contributed by atoms with E-state index in [-0.39, 0.29) is 19.1 Å². The quantitative estimate of drug-likeness (QED) is 0.691. The van der Waals surface area contributed by atoms with Crippen LogP contribution >= 0.6 is 0 Å². The zero-order valence-electron chi connectivity index (χ0n) is 11.6. The van der Waals surface area contributed by atoms with Crippen LogP contribution in [0.25, 0.3) is 0 Å². The smallest absolute Gasteiger partial charge is 0.325 e. The van der Waals surface area contributed by atoms with Gasteiger partial charge in [-0.15, -0.1) is 0 Å². The van der Waals surface area contributed by atoms with Gasteiger partial charge >= 0.3 is 5.97 Å². The molecule has 0 aromatic carbocycles. The van der Waals surface area contributed by atoms with Gasteiger partial charge in [0.2, 0.25) is 11.8 Å². The lowest BCUT2D eigenvalue weighted by molar-refractivity contribution is -0.143. The minimum absolute atomic E-state index is 0.192. The average Bonchev–Trinajstić information content (AvgIpc) is 2.24. The summed E-state index contributed by atoms with van der Waals surface area (Å²) in [6.07, 6.45) is 0. The van der Waals surface area contributed by atoms with Gasteiger partial charge in [0.1, 0.15) is 12.6 Å². The molecule has 104 valence electrons. The Morgan fingerprint density at radius 2 is 1.78 bits per heavy atom. The van der Waals surface area contributed by atoms with Crippen LogP contribution in [0.3, 0.4) is 0 Å². The van der Waals surface area contributed by atoms with E-state index in [0.29, 0.717) is 0 Å². The Hall–Kier alpha value is -1.59. The van der Waals surface area contributed by atoms with Crippen LogP contribution in [0, 0.1) is 5.41 Å². The zero-order chi connectivity index (χ0) is 14.3. The molecule has 0 bridgehead atoms. The molecule has 0 aromatic heterocycles. The Labute approximate surface area is 107 Å². The molecule has 0 aromatic rings. The van der Waals surface area contributed by atoms with Crippen molar-refractivity contribution in [2.45, 2.75) is 40.7 Å². The number of carbonyl (C=O) groups excluding carboxylic acids is 3. The van der Waals surface area contributed by atoms with Crippen LogP contribution in [0.2, 0.25) is 0 Å². The molecule has 0 aliphatic carbocycles. The van der Waals surface area contributed by atoms with Crippen molar-refractivity contribution in [2.24, 2.45) is 5.41 Å². The van der Waals surface area contributed by atoms with Crippen molar-refractivity contribution in [3.05, 3.63) is 0 Å². The van der Waals surface area contributed by atoms with Gasteiger partial charge in [0.25, 0.3) is 0 Å². The van der Waals surface area contributed by atoms with Gasteiger partial charge in [-0.3, -0.25) is 14.4 Å². The monoisotopic (exact) mass is 258 g/mol. The molecular formula is C12H22N2O4. The molecule has 0 fully saturated rings. The second-order valence-corrected chi connectivity index (χ2v) is 4.97. The van der Waals surface area contributed by atoms with Crippen LogP contribution in [0.5, 0.6) is 0 Å². The first kappa shape index (κ1) is 16.4. The van der Waals surface area contributed by atoms with Gasteiger partial charge in [-0.05, 0) is 13.8 Å². The summed E-state index contributed by atoms with van der Waals surface area (Å²) in [7, 11) is 0. The largest absolute Gasteiger partial charge is 0.465 e. The third-order valence-electron chi connectivity index (χ3n) is 2.13. The molecule has 0 saturated heterocycles. The Morgan fingerprint density at radius 3 is 2.22 bits per heavy atom. The van der Waals surface area contributed by atoms with E-state index in [0.717, 1.165) is 0 Å². The van der Waals surface area contributed by atoms with Gasteiger partial charge in [0, 0.05) is 5.41 Å². The lowest BCUT2D eigenvalue weighted by Crippen LogP contribution is -2.49. The lowest BCUT2D eigenvalue weighted by Gasteiger charge is -2.21. The molecule has 0 saturated carbocycles. The normalized spacial score (nSPS) is 12.5. The first-order valence-electron chi connectivity index (χ1n) is 5.92. The van der Waals surface area contributed by atoms with Crippen molar-refractivity contribution < 1.29 is 19.1 Å². The molecular weight excluding hydrogens is 236 g/mol. The molecule has 2 N–H and O–H groups in total. The van der Waals surface area contributed by atoms with Crippen LogP contribution in [-0.4, -0.2) is 37.0 Å². The van der Waals surface area contributed by atoms with Crippen LogP contribution < -0.4 is 10.6 Å². The predicted octanol–water partition coefficient (Wildman–Crippen LogP) is 0.217. The highest BCUT2D eigenvalue weighted by atomic mass is 16.5. The third kappa shape index (κ3) is 6.22. The Kier molecular flexibility index (Phi) is 6.36. The van der Waals surface area contributed by atoms with Gasteiger partial charge in [0.05, 0.1) is 6.61 Å². The molecule has 1 atom stereocenters. The van der Waals surface area contributed by atoms with E-state index in [2.05, 4.69) is 15.4 Å². The Balaban J connectivity index is 4.12. The standard InChI is InChI=1S/C12H22N2O4/c1-6-18-9(15)7-13-10(16)8(2)14-11(17)12(3,4)5/h8H,6-7H2,1-5H3,(H,13,16)(H,14,17). The summed E-state index contributed by atoms with van der Waals surface area (Å²) >= 11 is 0. The van der Waals surface area contributed by atoms with Crippen LogP contribution in [0.15, 0.2) is 0 Å². The van der Waals surface area contributed by atoms with Crippen molar-refractivity contribution in [3.8, 4) is 0 Å². The number of carbonyl (C=O) groups is 3. The van der Waals surface area contributed by atoms with Crippen LogP contribution in [-0.2, 0) is 19.1 Å². The van der Waals surface area contributed by atoms with Crippen molar-refractivity contribution >= 4 is 17.8 Å². The van der Waals surface area contributed by atoms with Crippen LogP contribution in [0.1, 0.15) is 34.6 Å². The van der Waals surface area contributed by atoms with Crippen molar-refractivity contribution in [1.29, 1.82) is 0 Å². The van der Waals surface area contributed by atoms with Gasteiger partial charge in [-0.2, -0.15) is 0 Å². The van der Waals surface area contributed by atoms with Crippen molar-refractivity contribution in [1.82, 2.24) is 10.6 Å². The number of nitrogens with one attached hydrogen (secondary N) is 2. The van der Waals surface area contributed by atoms with Crippen molar-refractivity contribution in [3.63, 3.8) is 0 Å². The second kappa shape index (κ2) is 6.98. The molecule has 0 radical (unpaired) electrons. The van der Waals surface area contributed by atoms with Crippen LogP contribution in [0.4, 0.5) is 0 Å². The Bertz CT molecular complexity index is 321. The summed E-state index contributed by atoms with van der Waals surface area (Å²) in [6.45, 7) is 8.59. The number of amides is 2. The minimum Gasteiger partial charge on any atom is -0.465 e. The third-order valence-corrected chi connectivity index (χ3v) is 2.13. The van der Waals surface area contributed by atoms with E-state index in [1.807, 2.05) is 0 Å². The minimum atomic E-state index is -0.689. The number of hydrogen-bond acceptors (Lipinski definition) is 4. The van der Waals surface area contributed by atoms with E-state index < -0.39 is 23.3 Å². The molecule has 0 spiro atoms. The topological polar surface area (TPSA) is 84.5 Å². The van der Waals surface area contributed by atoms with E-state index in [9.17, 15) is 14.4 Å². The van der Waals surface area contributed by atoms with E-state index in [4.69, 9.17) is 0 Å². The number of ether oxygens (including phenoxy) is 1. The summed E-state index contributed by atoms with van der Waals surface area (Å²) in [5.74, 6) is -1.14. The fourth-order valence-corrected chi connectivity index (χ4v) is 1.00. The van der Waals surface area contributed by atoms with Gasteiger partial charge in [-0.1, -0.05) is 20.8 Å². The highest BCUT2D eigenvalue weighted by Crippen LogP contribution is 2.12. The lowest BCUT2D eigenvalue weighted by atomic mass is 9.95. The van der Waals surface area contributed by atoms with Crippen molar-refractivity contribution in [2.75, 3.05) is 13.2 Å². The van der Waals surface area contributed by atoms with Gasteiger partial charge < -0.3 is 15.4 Å². The molecule has 2 amide bonds. The van der Waals surface area contributed by atoms with E-state index >= 15 is 0 Å². The summed E-state index contributed by atoms with van der Waals surface area (Å²) in [4.78, 5) is 34.2. The van der Waals surface area contributed by atoms with E-state index in [1.165, 1.54) is 0 Å². The van der Waals surface area contributed by atoms with Gasteiger partial charge in [-0.25, -0.2) is 0 Å². The fraction of sp³-hybridized carbons (Fsp3) is 0.750. The number of esters is 1. The fourth-order valence-electron chi connectivity index (χ4n) is 1.00. The molecule has 18 heavy (non-hydrogen) atoms. The summed E-state index contributed by atoms with van der Waals surface area (Å²) < 4.78 is 4.67. The highest BCUT2D eigenvalue weighted by Gasteiger charge is 2.25. The zero-order valence-corrected chi connectivity index (χ0v) is 11.6. The molecule has 0 heterocycles. The molecule has 0 aliphatic rings. The highest BCUT2D eigenvalue weighted by molar-refractivity contribution is 5.90. The predicted molar refractivity (Wildman–Crippen MR) is 66.7 cm³/mol. The molecule has 6 nitrogen and oxygen atoms in total. The average molecular weight is 258 g/mol. The number of hydrogen-bond donors (Lipinski definition) is 2. The SMILES string of the molecule is CCOC(=O)CNC(=O)C(C)NC(=O)C(C)(C)C. The van der Waals surface area contributed by atoms with E-state index in [1.54, 1.807) is 34.6 Å². The first-order valence-corrected chi connectivity index (χ1v) is 5.92. The molecule has 0 rings (SSSR count).